The van der Waals surface area contributed by atoms with Crippen molar-refractivity contribution in [1.29, 1.82) is 0 Å². The number of rotatable bonds is 4. The molecule has 0 unspecified atom stereocenters. The van der Waals surface area contributed by atoms with Crippen LogP contribution in [-0.2, 0) is 0 Å². The maximum Gasteiger partial charge on any atom is 0.270 e. The Balaban J connectivity index is 2.30. The van der Waals surface area contributed by atoms with Crippen LogP contribution in [0.15, 0.2) is 24.3 Å². The number of ether oxygens (including phenoxy) is 1. The van der Waals surface area contributed by atoms with Crippen LogP contribution in [0.5, 0.6) is 5.75 Å². The van der Waals surface area contributed by atoms with Gasteiger partial charge in [-0.25, -0.2) is 0 Å². The van der Waals surface area contributed by atoms with Gasteiger partial charge in [0.05, 0.1) is 10.7 Å². The van der Waals surface area contributed by atoms with Crippen LogP contribution in [0.25, 0.3) is 0 Å². The number of methoxy groups -OCH3 is 1. The van der Waals surface area contributed by atoms with E-state index in [1.165, 1.54) is 0 Å². The zero-order valence-corrected chi connectivity index (χ0v) is 14.1. The minimum atomic E-state index is -0.260. The SMILES string of the molecule is COc1cc(C(=O)Nn2c(C)cc(C=O)c2C)ccc1I. The minimum Gasteiger partial charge on any atom is -0.496 e. The Kier molecular flexibility index (Phi) is 4.66. The Hall–Kier alpha value is -1.83. The molecule has 1 aromatic carbocycles. The molecule has 6 heteroatoms. The van der Waals surface area contributed by atoms with E-state index >= 15 is 0 Å². The zero-order chi connectivity index (χ0) is 15.6. The van der Waals surface area contributed by atoms with Crippen LogP contribution >= 0.6 is 22.6 Å². The monoisotopic (exact) mass is 398 g/mol. The van der Waals surface area contributed by atoms with Crippen molar-refractivity contribution in [3.05, 3.63) is 50.4 Å². The van der Waals surface area contributed by atoms with Gasteiger partial charge in [-0.05, 0) is 60.7 Å². The fourth-order valence-electron chi connectivity index (χ4n) is 2.05. The molecule has 0 saturated heterocycles. The van der Waals surface area contributed by atoms with Crippen LogP contribution in [0.1, 0.15) is 32.1 Å². The van der Waals surface area contributed by atoms with Crippen LogP contribution in [0.2, 0.25) is 0 Å². The van der Waals surface area contributed by atoms with Gasteiger partial charge in [0.25, 0.3) is 5.91 Å². The van der Waals surface area contributed by atoms with E-state index in [1.54, 1.807) is 36.9 Å². The summed E-state index contributed by atoms with van der Waals surface area (Å²) in [4.78, 5) is 23.2. The standard InChI is InChI=1S/C15H15IN2O3/c1-9-6-12(8-19)10(2)18(9)17-15(20)11-4-5-13(16)14(7-11)21-3/h4-8H,1-3H3,(H,17,20). The Labute approximate surface area is 136 Å². The third-order valence-electron chi connectivity index (χ3n) is 3.22. The molecular formula is C15H15IN2O3. The second kappa shape index (κ2) is 6.30. The number of aldehydes is 1. The highest BCUT2D eigenvalue weighted by molar-refractivity contribution is 14.1. The number of aromatic nitrogens is 1. The highest BCUT2D eigenvalue weighted by Gasteiger charge is 2.13. The molecule has 0 aliphatic heterocycles. The number of hydrogen-bond donors (Lipinski definition) is 1. The summed E-state index contributed by atoms with van der Waals surface area (Å²) < 4.78 is 7.76. The third-order valence-corrected chi connectivity index (χ3v) is 4.12. The largest absolute Gasteiger partial charge is 0.496 e. The van der Waals surface area contributed by atoms with Crippen molar-refractivity contribution in [2.45, 2.75) is 13.8 Å². The van der Waals surface area contributed by atoms with Gasteiger partial charge in [-0.15, -0.1) is 0 Å². The van der Waals surface area contributed by atoms with Crippen molar-refractivity contribution in [2.24, 2.45) is 0 Å². The Morgan fingerprint density at radius 1 is 1.33 bits per heavy atom. The Morgan fingerprint density at radius 3 is 2.62 bits per heavy atom. The lowest BCUT2D eigenvalue weighted by Gasteiger charge is -2.12. The summed E-state index contributed by atoms with van der Waals surface area (Å²) in [5.74, 6) is 0.390. The number of benzene rings is 1. The number of amides is 1. The predicted molar refractivity (Wildman–Crippen MR) is 88.7 cm³/mol. The van der Waals surface area contributed by atoms with Gasteiger partial charge < -0.3 is 4.74 Å². The van der Waals surface area contributed by atoms with Gasteiger partial charge in [0.15, 0.2) is 6.29 Å². The smallest absolute Gasteiger partial charge is 0.270 e. The van der Waals surface area contributed by atoms with E-state index in [4.69, 9.17) is 4.74 Å². The van der Waals surface area contributed by atoms with Gasteiger partial charge in [0.1, 0.15) is 5.75 Å². The molecule has 0 aliphatic rings. The van der Waals surface area contributed by atoms with Crippen molar-refractivity contribution in [2.75, 3.05) is 12.5 Å². The maximum absolute atomic E-state index is 12.3. The fraction of sp³-hybridized carbons (Fsp3) is 0.200. The normalized spacial score (nSPS) is 10.3. The van der Waals surface area contributed by atoms with E-state index in [2.05, 4.69) is 28.0 Å². The van der Waals surface area contributed by atoms with E-state index in [9.17, 15) is 9.59 Å². The number of carbonyl (C=O) groups excluding carboxylic acids is 2. The number of carbonyl (C=O) groups is 2. The molecule has 0 aliphatic carbocycles. The van der Waals surface area contributed by atoms with Crippen molar-refractivity contribution in [1.82, 2.24) is 4.68 Å². The van der Waals surface area contributed by atoms with Crippen molar-refractivity contribution < 1.29 is 14.3 Å². The lowest BCUT2D eigenvalue weighted by molar-refractivity contribution is 0.101. The van der Waals surface area contributed by atoms with Crippen molar-refractivity contribution in [3.8, 4) is 5.75 Å². The average Bonchev–Trinajstić information content (AvgIpc) is 2.75. The lowest BCUT2D eigenvalue weighted by atomic mass is 10.2. The number of nitrogens with one attached hydrogen (secondary N) is 1. The Morgan fingerprint density at radius 2 is 2.05 bits per heavy atom. The molecule has 1 N–H and O–H groups in total. The summed E-state index contributed by atoms with van der Waals surface area (Å²) in [6.07, 6.45) is 0.777. The molecule has 21 heavy (non-hydrogen) atoms. The number of aryl methyl sites for hydroxylation is 1. The molecule has 0 saturated carbocycles. The fourth-order valence-corrected chi connectivity index (χ4v) is 2.60. The Bertz CT molecular complexity index is 707. The predicted octanol–water partition coefficient (Wildman–Crippen LogP) is 2.91. The van der Waals surface area contributed by atoms with Crippen LogP contribution in [0, 0.1) is 17.4 Å². The summed E-state index contributed by atoms with van der Waals surface area (Å²) in [6.45, 7) is 3.61. The summed E-state index contributed by atoms with van der Waals surface area (Å²) in [5, 5.41) is 0. The first-order valence-corrected chi connectivity index (χ1v) is 7.34. The molecule has 2 aromatic rings. The molecule has 0 bridgehead atoms. The molecule has 5 nitrogen and oxygen atoms in total. The molecule has 0 radical (unpaired) electrons. The van der Waals surface area contributed by atoms with Crippen LogP contribution in [-0.4, -0.2) is 24.0 Å². The van der Waals surface area contributed by atoms with Crippen LogP contribution in [0.3, 0.4) is 0 Å². The lowest BCUT2D eigenvalue weighted by Crippen LogP contribution is -2.25. The topological polar surface area (TPSA) is 60.3 Å². The van der Waals surface area contributed by atoms with Gasteiger partial charge >= 0.3 is 0 Å². The van der Waals surface area contributed by atoms with E-state index < -0.39 is 0 Å². The summed E-state index contributed by atoms with van der Waals surface area (Å²) in [5.41, 5.74) is 5.33. The summed E-state index contributed by atoms with van der Waals surface area (Å²) in [6, 6.07) is 6.97. The van der Waals surface area contributed by atoms with Crippen molar-refractivity contribution in [3.63, 3.8) is 0 Å². The van der Waals surface area contributed by atoms with Gasteiger partial charge in [-0.1, -0.05) is 0 Å². The highest BCUT2D eigenvalue weighted by Crippen LogP contribution is 2.22. The van der Waals surface area contributed by atoms with E-state index in [0.717, 1.165) is 15.6 Å². The van der Waals surface area contributed by atoms with E-state index in [-0.39, 0.29) is 5.91 Å². The van der Waals surface area contributed by atoms with Gasteiger partial charge in [0.2, 0.25) is 0 Å². The van der Waals surface area contributed by atoms with Gasteiger partial charge in [0, 0.05) is 22.5 Å². The summed E-state index contributed by atoms with van der Waals surface area (Å²) in [7, 11) is 1.57. The molecule has 1 heterocycles. The second-order valence-electron chi connectivity index (χ2n) is 4.57. The first-order chi connectivity index (χ1) is 9.97. The quantitative estimate of drug-likeness (QED) is 0.637. The highest BCUT2D eigenvalue weighted by atomic mass is 127. The molecule has 1 aromatic heterocycles. The van der Waals surface area contributed by atoms with Crippen LogP contribution < -0.4 is 10.2 Å². The minimum absolute atomic E-state index is 0.260. The van der Waals surface area contributed by atoms with E-state index in [1.807, 2.05) is 13.0 Å². The molecule has 0 spiro atoms. The number of nitrogens with zero attached hydrogens (tertiary/aromatic N) is 1. The van der Waals surface area contributed by atoms with Gasteiger partial charge in [-0.2, -0.15) is 0 Å². The molecule has 110 valence electrons. The number of hydrogen-bond acceptors (Lipinski definition) is 3. The molecule has 0 atom stereocenters. The molecular weight excluding hydrogens is 383 g/mol. The second-order valence-corrected chi connectivity index (χ2v) is 5.73. The van der Waals surface area contributed by atoms with Crippen molar-refractivity contribution >= 4 is 34.8 Å². The third kappa shape index (κ3) is 3.10. The first kappa shape index (κ1) is 15.6. The molecule has 2 rings (SSSR count). The first-order valence-electron chi connectivity index (χ1n) is 6.27. The number of halogens is 1. The maximum atomic E-state index is 12.3. The zero-order valence-electron chi connectivity index (χ0n) is 11.9. The van der Waals surface area contributed by atoms with Gasteiger partial charge in [-0.3, -0.25) is 19.7 Å². The summed E-state index contributed by atoms with van der Waals surface area (Å²) >= 11 is 2.14. The molecule has 1 amide bonds. The van der Waals surface area contributed by atoms with E-state index in [0.29, 0.717) is 22.6 Å². The molecule has 0 fully saturated rings. The average molecular weight is 398 g/mol. The van der Waals surface area contributed by atoms with Crippen LogP contribution in [0.4, 0.5) is 0 Å².